The Morgan fingerprint density at radius 1 is 0.778 bits per heavy atom. The molecule has 1 N–H and O–H groups in total. The first-order valence-corrected chi connectivity index (χ1v) is 8.63. The number of halogens is 1. The Labute approximate surface area is 160 Å². The van der Waals surface area contributed by atoms with Gasteiger partial charge in [-0.05, 0) is 47.5 Å². The van der Waals surface area contributed by atoms with Gasteiger partial charge in [0.05, 0.1) is 0 Å². The van der Waals surface area contributed by atoms with Gasteiger partial charge in [0.1, 0.15) is 0 Å². The molecule has 4 rings (SSSR count). The van der Waals surface area contributed by atoms with Gasteiger partial charge in [-0.3, -0.25) is 10.1 Å². The van der Waals surface area contributed by atoms with Crippen molar-refractivity contribution >= 4 is 23.5 Å². The van der Waals surface area contributed by atoms with E-state index in [1.807, 2.05) is 42.5 Å². The molecule has 6 heteroatoms. The number of hydrogen-bond donors (Lipinski definition) is 1. The number of carbonyl (C=O) groups excluding carboxylic acids is 1. The van der Waals surface area contributed by atoms with E-state index in [2.05, 4.69) is 15.5 Å². The molecule has 0 fully saturated rings. The fraction of sp³-hybridized carbons (Fsp3) is 0. The number of aromatic nitrogens is 2. The molecule has 0 aliphatic rings. The van der Waals surface area contributed by atoms with Crippen LogP contribution in [0.15, 0.2) is 83.3 Å². The SMILES string of the molecule is O=C(Nc1nnc(-c2ccc(Cl)cc2)o1)c1ccc(-c2ccccc2)cc1. The molecule has 0 aliphatic carbocycles. The van der Waals surface area contributed by atoms with E-state index in [1.165, 1.54) is 0 Å². The molecule has 1 aromatic heterocycles. The highest BCUT2D eigenvalue weighted by Crippen LogP contribution is 2.23. The predicted molar refractivity (Wildman–Crippen MR) is 105 cm³/mol. The Morgan fingerprint density at radius 3 is 2.11 bits per heavy atom. The lowest BCUT2D eigenvalue weighted by atomic mass is 10.0. The third kappa shape index (κ3) is 3.88. The van der Waals surface area contributed by atoms with Gasteiger partial charge in [-0.1, -0.05) is 59.2 Å². The number of anilines is 1. The van der Waals surface area contributed by atoms with Crippen molar-refractivity contribution in [2.45, 2.75) is 0 Å². The molecule has 0 bridgehead atoms. The Kier molecular flexibility index (Phi) is 4.68. The Bertz CT molecular complexity index is 1060. The van der Waals surface area contributed by atoms with Gasteiger partial charge in [0.2, 0.25) is 5.89 Å². The molecule has 1 amide bonds. The summed E-state index contributed by atoms with van der Waals surface area (Å²) in [6.07, 6.45) is 0. The Morgan fingerprint density at radius 2 is 1.41 bits per heavy atom. The zero-order valence-electron chi connectivity index (χ0n) is 14.1. The summed E-state index contributed by atoms with van der Waals surface area (Å²) in [5.74, 6) is -0.0118. The third-order valence-electron chi connectivity index (χ3n) is 3.99. The average molecular weight is 376 g/mol. The maximum absolute atomic E-state index is 12.4. The van der Waals surface area contributed by atoms with Crippen LogP contribution in [0.2, 0.25) is 5.02 Å². The molecule has 132 valence electrons. The van der Waals surface area contributed by atoms with Gasteiger partial charge >= 0.3 is 6.01 Å². The minimum atomic E-state index is -0.319. The van der Waals surface area contributed by atoms with Crippen LogP contribution in [0.4, 0.5) is 6.01 Å². The number of hydrogen-bond acceptors (Lipinski definition) is 4. The van der Waals surface area contributed by atoms with Crippen molar-refractivity contribution in [1.29, 1.82) is 0 Å². The third-order valence-corrected chi connectivity index (χ3v) is 4.24. The highest BCUT2D eigenvalue weighted by atomic mass is 35.5. The maximum Gasteiger partial charge on any atom is 0.322 e. The number of nitrogens with zero attached hydrogens (tertiary/aromatic N) is 2. The normalized spacial score (nSPS) is 10.6. The summed E-state index contributed by atoms with van der Waals surface area (Å²) in [7, 11) is 0. The summed E-state index contributed by atoms with van der Waals surface area (Å²) in [6, 6.07) is 24.3. The first-order valence-electron chi connectivity index (χ1n) is 8.25. The first-order chi connectivity index (χ1) is 13.2. The van der Waals surface area contributed by atoms with Crippen LogP contribution in [0.5, 0.6) is 0 Å². The van der Waals surface area contributed by atoms with Crippen molar-refractivity contribution in [1.82, 2.24) is 10.2 Å². The van der Waals surface area contributed by atoms with Gasteiger partial charge in [-0.15, -0.1) is 5.10 Å². The zero-order valence-corrected chi connectivity index (χ0v) is 14.9. The summed E-state index contributed by atoms with van der Waals surface area (Å²) < 4.78 is 5.50. The van der Waals surface area contributed by atoms with Crippen LogP contribution < -0.4 is 5.32 Å². The predicted octanol–water partition coefficient (Wildman–Crippen LogP) is 5.31. The van der Waals surface area contributed by atoms with E-state index in [9.17, 15) is 4.79 Å². The lowest BCUT2D eigenvalue weighted by molar-refractivity contribution is 0.102. The van der Waals surface area contributed by atoms with Crippen molar-refractivity contribution in [3.8, 4) is 22.6 Å². The average Bonchev–Trinajstić information content (AvgIpc) is 3.18. The smallest absolute Gasteiger partial charge is 0.322 e. The fourth-order valence-electron chi connectivity index (χ4n) is 2.60. The van der Waals surface area contributed by atoms with Crippen LogP contribution in [0.1, 0.15) is 10.4 Å². The molecule has 4 aromatic rings. The topological polar surface area (TPSA) is 68.0 Å². The standard InChI is InChI=1S/C21H14ClN3O2/c22-18-12-10-17(11-13-18)20-24-25-21(27-20)23-19(26)16-8-6-15(7-9-16)14-4-2-1-3-5-14/h1-13H,(H,23,25,26). The fourth-order valence-corrected chi connectivity index (χ4v) is 2.72. The van der Waals surface area contributed by atoms with Crippen LogP contribution >= 0.6 is 11.6 Å². The molecular formula is C21H14ClN3O2. The Hall–Kier alpha value is -3.44. The van der Waals surface area contributed by atoms with E-state index < -0.39 is 0 Å². The molecule has 0 unspecified atom stereocenters. The first kappa shape index (κ1) is 17.0. The highest BCUT2D eigenvalue weighted by molar-refractivity contribution is 6.30. The minimum Gasteiger partial charge on any atom is -0.403 e. The molecule has 5 nitrogen and oxygen atoms in total. The second-order valence-corrected chi connectivity index (χ2v) is 6.25. The molecule has 0 aliphatic heterocycles. The van der Waals surface area contributed by atoms with Gasteiger partial charge in [0.25, 0.3) is 5.91 Å². The van der Waals surface area contributed by atoms with Gasteiger partial charge in [0, 0.05) is 16.1 Å². The molecule has 27 heavy (non-hydrogen) atoms. The summed E-state index contributed by atoms with van der Waals surface area (Å²) in [5, 5.41) is 11.0. The van der Waals surface area contributed by atoms with Gasteiger partial charge < -0.3 is 4.42 Å². The summed E-state index contributed by atoms with van der Waals surface area (Å²) >= 11 is 5.87. The van der Waals surface area contributed by atoms with Crippen LogP contribution in [0, 0.1) is 0 Å². The van der Waals surface area contributed by atoms with Crippen molar-refractivity contribution in [2.75, 3.05) is 5.32 Å². The lowest BCUT2D eigenvalue weighted by Crippen LogP contribution is -2.11. The maximum atomic E-state index is 12.4. The molecule has 0 saturated carbocycles. The van der Waals surface area contributed by atoms with E-state index in [-0.39, 0.29) is 11.9 Å². The van der Waals surface area contributed by atoms with E-state index in [4.69, 9.17) is 16.0 Å². The minimum absolute atomic E-state index is 0.0390. The molecule has 0 saturated heterocycles. The van der Waals surface area contributed by atoms with Crippen LogP contribution in [0.3, 0.4) is 0 Å². The Balaban J connectivity index is 1.47. The quantitative estimate of drug-likeness (QED) is 0.525. The number of carbonyl (C=O) groups is 1. The van der Waals surface area contributed by atoms with E-state index in [0.29, 0.717) is 16.5 Å². The van der Waals surface area contributed by atoms with Gasteiger partial charge in [-0.2, -0.15) is 0 Å². The lowest BCUT2D eigenvalue weighted by Gasteiger charge is -2.04. The molecule has 0 spiro atoms. The van der Waals surface area contributed by atoms with Crippen molar-refractivity contribution < 1.29 is 9.21 Å². The number of amides is 1. The summed E-state index contributed by atoms with van der Waals surface area (Å²) in [4.78, 5) is 12.4. The molecule has 0 radical (unpaired) electrons. The summed E-state index contributed by atoms with van der Waals surface area (Å²) in [5.41, 5.74) is 3.35. The monoisotopic (exact) mass is 375 g/mol. The van der Waals surface area contributed by atoms with E-state index in [0.717, 1.165) is 16.7 Å². The number of rotatable bonds is 4. The number of benzene rings is 3. The van der Waals surface area contributed by atoms with E-state index >= 15 is 0 Å². The second-order valence-electron chi connectivity index (χ2n) is 5.82. The van der Waals surface area contributed by atoms with Crippen molar-refractivity contribution in [3.05, 3.63) is 89.4 Å². The molecule has 0 atom stereocenters. The van der Waals surface area contributed by atoms with Crippen molar-refractivity contribution in [2.24, 2.45) is 0 Å². The molecular weight excluding hydrogens is 362 g/mol. The summed E-state index contributed by atoms with van der Waals surface area (Å²) in [6.45, 7) is 0. The molecule has 3 aromatic carbocycles. The van der Waals surface area contributed by atoms with Crippen molar-refractivity contribution in [3.63, 3.8) is 0 Å². The second kappa shape index (κ2) is 7.43. The van der Waals surface area contributed by atoms with Crippen LogP contribution in [-0.2, 0) is 0 Å². The van der Waals surface area contributed by atoms with Gasteiger partial charge in [-0.25, -0.2) is 0 Å². The van der Waals surface area contributed by atoms with Crippen LogP contribution in [-0.4, -0.2) is 16.1 Å². The van der Waals surface area contributed by atoms with Crippen LogP contribution in [0.25, 0.3) is 22.6 Å². The van der Waals surface area contributed by atoms with E-state index in [1.54, 1.807) is 36.4 Å². The van der Waals surface area contributed by atoms with Gasteiger partial charge in [0.15, 0.2) is 0 Å². The zero-order chi connectivity index (χ0) is 18.6. The largest absolute Gasteiger partial charge is 0.403 e. The molecule has 1 heterocycles. The number of nitrogens with one attached hydrogen (secondary N) is 1. The highest BCUT2D eigenvalue weighted by Gasteiger charge is 2.13.